The number of methoxy groups -OCH3 is 1. The Labute approximate surface area is 127 Å². The van der Waals surface area contributed by atoms with Crippen molar-refractivity contribution in [2.45, 2.75) is 6.42 Å². The number of carbonyl (C=O) groups is 1. The molecule has 1 aliphatic heterocycles. The van der Waals surface area contributed by atoms with Crippen LogP contribution in [-0.2, 0) is 4.74 Å². The van der Waals surface area contributed by atoms with Crippen LogP contribution in [0.15, 0.2) is 18.2 Å². The van der Waals surface area contributed by atoms with Crippen molar-refractivity contribution in [1.29, 1.82) is 0 Å². The molecule has 1 aromatic carbocycles. The second-order valence-corrected chi connectivity index (χ2v) is 4.76. The largest absolute Gasteiger partial charge is 0.454 e. The van der Waals surface area contributed by atoms with E-state index in [0.29, 0.717) is 36.6 Å². The second kappa shape index (κ2) is 7.09. The van der Waals surface area contributed by atoms with E-state index >= 15 is 0 Å². The second-order valence-electron chi connectivity index (χ2n) is 4.35. The van der Waals surface area contributed by atoms with Crippen molar-refractivity contribution in [1.82, 2.24) is 10.4 Å². The molecule has 7 nitrogen and oxygen atoms in total. The van der Waals surface area contributed by atoms with Gasteiger partial charge in [0.05, 0.1) is 0 Å². The van der Waals surface area contributed by atoms with Crippen molar-refractivity contribution in [3.8, 4) is 11.5 Å². The maximum absolute atomic E-state index is 12.2. The third kappa shape index (κ3) is 3.96. The molecule has 1 heterocycles. The summed E-state index contributed by atoms with van der Waals surface area (Å²) >= 11 is 4.92. The Balaban J connectivity index is 1.99. The Kier molecular flexibility index (Phi) is 5.18. The number of hydrogen-bond donors (Lipinski definition) is 2. The van der Waals surface area contributed by atoms with E-state index in [1.807, 2.05) is 0 Å². The Morgan fingerprint density at radius 3 is 2.95 bits per heavy atom. The van der Waals surface area contributed by atoms with Crippen LogP contribution < -0.4 is 20.6 Å². The molecule has 1 aliphatic rings. The highest BCUT2D eigenvalue weighted by molar-refractivity contribution is 7.80. The number of carbonyl (C=O) groups excluding carboxylic acids is 1. The maximum atomic E-state index is 12.2. The molecule has 0 fully saturated rings. The Morgan fingerprint density at radius 1 is 1.48 bits per heavy atom. The van der Waals surface area contributed by atoms with Crippen molar-refractivity contribution < 1.29 is 19.0 Å². The molecule has 2 rings (SSSR count). The van der Waals surface area contributed by atoms with Crippen molar-refractivity contribution in [2.24, 2.45) is 5.73 Å². The number of fused-ring (bicyclic) bond motifs is 1. The van der Waals surface area contributed by atoms with E-state index in [2.05, 4.69) is 5.43 Å². The Hall–Kier alpha value is -2.06. The lowest BCUT2D eigenvalue weighted by atomic mass is 10.2. The summed E-state index contributed by atoms with van der Waals surface area (Å²) < 4.78 is 15.4. The first-order chi connectivity index (χ1) is 10.1. The van der Waals surface area contributed by atoms with Crippen LogP contribution in [0.1, 0.15) is 16.8 Å². The maximum Gasteiger partial charge on any atom is 0.269 e. The van der Waals surface area contributed by atoms with Gasteiger partial charge in [0.1, 0.15) is 0 Å². The summed E-state index contributed by atoms with van der Waals surface area (Å²) in [7, 11) is 1.61. The van der Waals surface area contributed by atoms with E-state index in [9.17, 15) is 4.79 Å². The van der Waals surface area contributed by atoms with Gasteiger partial charge in [-0.3, -0.25) is 15.2 Å². The van der Waals surface area contributed by atoms with Crippen molar-refractivity contribution in [3.63, 3.8) is 0 Å². The van der Waals surface area contributed by atoms with Crippen molar-refractivity contribution >= 4 is 23.2 Å². The Morgan fingerprint density at radius 2 is 2.24 bits per heavy atom. The number of benzene rings is 1. The van der Waals surface area contributed by atoms with E-state index in [4.69, 9.17) is 32.2 Å². The van der Waals surface area contributed by atoms with Crippen LogP contribution in [0, 0.1) is 0 Å². The normalized spacial score (nSPS) is 12.0. The third-order valence-corrected chi connectivity index (χ3v) is 3.09. The van der Waals surface area contributed by atoms with Crippen LogP contribution in [0.25, 0.3) is 0 Å². The Bertz CT molecular complexity index is 538. The van der Waals surface area contributed by atoms with Gasteiger partial charge in [0.2, 0.25) is 6.79 Å². The number of hydrazine groups is 1. The standard InChI is InChI=1S/C13H17N3O4S/c1-18-6-2-5-16(13(14)21)15-12(17)9-3-4-10-11(7-9)20-8-19-10/h3-4,7H,2,5-6,8H2,1H3,(H2,14,21)(H,15,17). The predicted molar refractivity (Wildman–Crippen MR) is 80.0 cm³/mol. The van der Waals surface area contributed by atoms with Crippen LogP contribution in [-0.4, -0.2) is 43.1 Å². The molecular weight excluding hydrogens is 294 g/mol. The van der Waals surface area contributed by atoms with Gasteiger partial charge in [0.15, 0.2) is 16.6 Å². The molecule has 0 saturated heterocycles. The van der Waals surface area contributed by atoms with Gasteiger partial charge in [0.25, 0.3) is 5.91 Å². The molecule has 3 N–H and O–H groups in total. The molecule has 8 heteroatoms. The van der Waals surface area contributed by atoms with E-state index < -0.39 is 0 Å². The zero-order valence-electron chi connectivity index (χ0n) is 11.6. The summed E-state index contributed by atoms with van der Waals surface area (Å²) in [4.78, 5) is 12.2. The van der Waals surface area contributed by atoms with E-state index in [1.54, 1.807) is 25.3 Å². The number of nitrogens with zero attached hydrogens (tertiary/aromatic N) is 1. The zero-order chi connectivity index (χ0) is 15.2. The average molecular weight is 311 g/mol. The molecule has 0 atom stereocenters. The smallest absolute Gasteiger partial charge is 0.269 e. The van der Waals surface area contributed by atoms with Gasteiger partial charge < -0.3 is 19.9 Å². The molecule has 0 aromatic heterocycles. The topological polar surface area (TPSA) is 86.0 Å². The fourth-order valence-electron chi connectivity index (χ4n) is 1.81. The van der Waals surface area contributed by atoms with Gasteiger partial charge in [-0.15, -0.1) is 0 Å². The number of nitrogens with two attached hydrogens (primary N) is 1. The molecule has 0 unspecified atom stereocenters. The lowest BCUT2D eigenvalue weighted by Crippen LogP contribution is -2.49. The third-order valence-electron chi connectivity index (χ3n) is 2.87. The van der Waals surface area contributed by atoms with Crippen LogP contribution in [0.5, 0.6) is 11.5 Å². The first-order valence-electron chi connectivity index (χ1n) is 6.38. The van der Waals surface area contributed by atoms with Gasteiger partial charge in [-0.2, -0.15) is 0 Å². The molecular formula is C13H17N3O4S. The summed E-state index contributed by atoms with van der Waals surface area (Å²) in [6.45, 7) is 1.19. The molecule has 0 saturated carbocycles. The van der Waals surface area contributed by atoms with Crippen LogP contribution >= 0.6 is 12.2 Å². The van der Waals surface area contributed by atoms with E-state index in [0.717, 1.165) is 0 Å². The predicted octanol–water partition coefficient (Wildman–Crippen LogP) is 0.642. The SMILES string of the molecule is COCCCN(NC(=O)c1ccc2c(c1)OCO2)C(N)=S. The summed E-state index contributed by atoms with van der Waals surface area (Å²) in [5, 5.41) is 1.52. The van der Waals surface area contributed by atoms with Gasteiger partial charge >= 0.3 is 0 Å². The molecule has 0 radical (unpaired) electrons. The highest BCUT2D eigenvalue weighted by Gasteiger charge is 2.18. The lowest BCUT2D eigenvalue weighted by molar-refractivity contribution is 0.0860. The molecule has 1 aromatic rings. The number of amides is 1. The monoisotopic (exact) mass is 311 g/mol. The van der Waals surface area contributed by atoms with E-state index in [-0.39, 0.29) is 17.8 Å². The average Bonchev–Trinajstić information content (AvgIpc) is 2.93. The molecule has 21 heavy (non-hydrogen) atoms. The summed E-state index contributed by atoms with van der Waals surface area (Å²) in [6, 6.07) is 4.95. The zero-order valence-corrected chi connectivity index (χ0v) is 12.4. The molecule has 114 valence electrons. The highest BCUT2D eigenvalue weighted by atomic mass is 32.1. The number of ether oxygens (including phenoxy) is 3. The van der Waals surface area contributed by atoms with Gasteiger partial charge in [-0.25, -0.2) is 0 Å². The van der Waals surface area contributed by atoms with Gasteiger partial charge in [-0.05, 0) is 36.8 Å². The van der Waals surface area contributed by atoms with Crippen molar-refractivity contribution in [3.05, 3.63) is 23.8 Å². The van der Waals surface area contributed by atoms with Gasteiger partial charge in [0, 0.05) is 25.8 Å². The number of nitrogens with one attached hydrogen (secondary N) is 1. The fraction of sp³-hybridized carbons (Fsp3) is 0.385. The van der Waals surface area contributed by atoms with Crippen LogP contribution in [0.2, 0.25) is 0 Å². The van der Waals surface area contributed by atoms with Gasteiger partial charge in [-0.1, -0.05) is 0 Å². The first-order valence-corrected chi connectivity index (χ1v) is 6.79. The highest BCUT2D eigenvalue weighted by Crippen LogP contribution is 2.32. The number of thiocarbonyl (C=S) groups is 1. The van der Waals surface area contributed by atoms with Crippen molar-refractivity contribution in [2.75, 3.05) is 27.1 Å². The van der Waals surface area contributed by atoms with Crippen LogP contribution in [0.3, 0.4) is 0 Å². The molecule has 0 spiro atoms. The quantitative estimate of drug-likeness (QED) is 0.469. The summed E-state index contributed by atoms with van der Waals surface area (Å²) in [5.41, 5.74) is 8.69. The first kappa shape index (κ1) is 15.3. The lowest BCUT2D eigenvalue weighted by Gasteiger charge is -2.23. The minimum atomic E-state index is -0.321. The minimum absolute atomic E-state index is 0.0974. The number of hydrogen-bond acceptors (Lipinski definition) is 5. The molecule has 1 amide bonds. The minimum Gasteiger partial charge on any atom is -0.454 e. The molecule has 0 bridgehead atoms. The van der Waals surface area contributed by atoms with Crippen LogP contribution in [0.4, 0.5) is 0 Å². The molecule has 0 aliphatic carbocycles. The number of rotatable bonds is 5. The van der Waals surface area contributed by atoms with E-state index in [1.165, 1.54) is 5.01 Å². The summed E-state index contributed by atoms with van der Waals surface area (Å²) in [6.07, 6.45) is 0.690. The summed E-state index contributed by atoms with van der Waals surface area (Å²) in [5.74, 6) is 0.847. The fourth-order valence-corrected chi connectivity index (χ4v) is 1.95.